The molecule has 3 nitrogen and oxygen atoms in total. The van der Waals surface area contributed by atoms with Gasteiger partial charge in [-0.05, 0) is 53.7 Å². The van der Waals surface area contributed by atoms with Crippen LogP contribution in [0, 0.1) is 5.82 Å². The van der Waals surface area contributed by atoms with Gasteiger partial charge in [-0.25, -0.2) is 9.38 Å². The Morgan fingerprint density at radius 2 is 1.81 bits per heavy atom. The van der Waals surface area contributed by atoms with Crippen LogP contribution in [0.3, 0.4) is 0 Å². The predicted molar refractivity (Wildman–Crippen MR) is 93.7 cm³/mol. The first-order valence-electron chi connectivity index (χ1n) is 7.14. The molecule has 9 heteroatoms. The predicted octanol–water partition coefficient (Wildman–Crippen LogP) is 5.39. The summed E-state index contributed by atoms with van der Waals surface area (Å²) < 4.78 is 51.6. The molecule has 0 aromatic heterocycles. The highest BCUT2D eigenvalue weighted by Gasteiger charge is 2.33. The number of carbonyl (C=O) groups excluding carboxylic acids is 1. The van der Waals surface area contributed by atoms with E-state index in [1.54, 1.807) is 0 Å². The zero-order chi connectivity index (χ0) is 18.9. The SMILES string of the molecule is O=C1NC(=Nc2ccc(Cl)c(C(F)(F)F)c2)S/C1=C/c1ccc(F)cc1. The van der Waals surface area contributed by atoms with Gasteiger partial charge in [0.05, 0.1) is 21.2 Å². The normalized spacial score (nSPS) is 17.8. The number of hydrogen-bond donors (Lipinski definition) is 1. The molecule has 0 spiro atoms. The van der Waals surface area contributed by atoms with Crippen molar-refractivity contribution in [1.82, 2.24) is 5.32 Å². The molecule has 0 saturated carbocycles. The molecule has 1 aliphatic rings. The fraction of sp³-hybridized carbons (Fsp3) is 0.0588. The lowest BCUT2D eigenvalue weighted by molar-refractivity contribution is -0.137. The van der Waals surface area contributed by atoms with E-state index in [1.807, 2.05) is 0 Å². The average Bonchev–Trinajstić information content (AvgIpc) is 2.90. The first-order valence-corrected chi connectivity index (χ1v) is 8.34. The minimum Gasteiger partial charge on any atom is -0.300 e. The maximum absolute atomic E-state index is 12.9. The third-order valence-corrected chi connectivity index (χ3v) is 4.54. The molecule has 0 radical (unpaired) electrons. The molecule has 0 bridgehead atoms. The molecular weight excluding hydrogens is 392 g/mol. The van der Waals surface area contributed by atoms with Crippen LogP contribution >= 0.6 is 23.4 Å². The standard InChI is InChI=1S/C17H9ClF4N2OS/c18-13-6-5-11(8-12(13)17(20,21)22)23-16-24-15(25)14(26-16)7-9-1-3-10(19)4-2-9/h1-8H,(H,23,24,25)/b14-7+. The van der Waals surface area contributed by atoms with E-state index in [9.17, 15) is 22.4 Å². The molecule has 2 aromatic carbocycles. The zero-order valence-electron chi connectivity index (χ0n) is 12.8. The topological polar surface area (TPSA) is 41.5 Å². The molecule has 0 aliphatic carbocycles. The molecule has 26 heavy (non-hydrogen) atoms. The quantitative estimate of drug-likeness (QED) is 0.542. The summed E-state index contributed by atoms with van der Waals surface area (Å²) in [5.74, 6) is -0.843. The second-order valence-corrected chi connectivity index (χ2v) is 6.63. The van der Waals surface area contributed by atoms with Crippen molar-refractivity contribution in [3.05, 3.63) is 69.3 Å². The van der Waals surface area contributed by atoms with Crippen LogP contribution in [0.25, 0.3) is 6.08 Å². The highest BCUT2D eigenvalue weighted by molar-refractivity contribution is 8.18. The summed E-state index contributed by atoms with van der Waals surface area (Å²) in [4.78, 5) is 16.3. The summed E-state index contributed by atoms with van der Waals surface area (Å²) in [5, 5.41) is 2.18. The number of rotatable bonds is 2. The molecule has 1 aliphatic heterocycles. The highest BCUT2D eigenvalue weighted by Crippen LogP contribution is 2.37. The number of amidine groups is 1. The second kappa shape index (κ2) is 7.13. The van der Waals surface area contributed by atoms with Crippen LogP contribution in [-0.2, 0) is 11.0 Å². The molecule has 0 unspecified atom stereocenters. The molecule has 1 saturated heterocycles. The summed E-state index contributed by atoms with van der Waals surface area (Å²) >= 11 is 6.54. The van der Waals surface area contributed by atoms with Crippen molar-refractivity contribution in [3.63, 3.8) is 0 Å². The number of benzene rings is 2. The van der Waals surface area contributed by atoms with Gasteiger partial charge in [-0.2, -0.15) is 13.2 Å². The van der Waals surface area contributed by atoms with E-state index in [0.717, 1.165) is 23.9 Å². The fourth-order valence-electron chi connectivity index (χ4n) is 2.11. The Balaban J connectivity index is 1.85. The number of carbonyl (C=O) groups is 1. The van der Waals surface area contributed by atoms with Crippen molar-refractivity contribution in [1.29, 1.82) is 0 Å². The van der Waals surface area contributed by atoms with E-state index in [-0.39, 0.29) is 10.9 Å². The third-order valence-electron chi connectivity index (χ3n) is 3.30. The number of hydrogen-bond acceptors (Lipinski definition) is 3. The van der Waals surface area contributed by atoms with Gasteiger partial charge in [-0.15, -0.1) is 0 Å². The van der Waals surface area contributed by atoms with E-state index < -0.39 is 28.5 Å². The number of nitrogens with zero attached hydrogens (tertiary/aromatic N) is 1. The minimum atomic E-state index is -4.60. The van der Waals surface area contributed by atoms with Crippen LogP contribution in [0.5, 0.6) is 0 Å². The number of amides is 1. The number of aliphatic imine (C=N–C) groups is 1. The van der Waals surface area contributed by atoms with Crippen LogP contribution in [0.15, 0.2) is 52.4 Å². The summed E-state index contributed by atoms with van der Waals surface area (Å²) in [6.07, 6.45) is -3.07. The average molecular weight is 401 g/mol. The van der Waals surface area contributed by atoms with Gasteiger partial charge < -0.3 is 5.32 Å². The van der Waals surface area contributed by atoms with Gasteiger partial charge in [0.1, 0.15) is 5.82 Å². The van der Waals surface area contributed by atoms with Crippen molar-refractivity contribution in [2.75, 3.05) is 0 Å². The largest absolute Gasteiger partial charge is 0.417 e. The van der Waals surface area contributed by atoms with E-state index in [1.165, 1.54) is 36.4 Å². The van der Waals surface area contributed by atoms with Crippen LogP contribution in [-0.4, -0.2) is 11.1 Å². The Morgan fingerprint density at radius 1 is 1.12 bits per heavy atom. The molecule has 2 aromatic rings. The molecule has 0 atom stereocenters. The van der Waals surface area contributed by atoms with Crippen molar-refractivity contribution in [3.8, 4) is 0 Å². The Kier molecular flexibility index (Phi) is 5.06. The van der Waals surface area contributed by atoms with Crippen LogP contribution in [0.4, 0.5) is 23.2 Å². The van der Waals surface area contributed by atoms with E-state index in [0.29, 0.717) is 10.5 Å². The smallest absolute Gasteiger partial charge is 0.300 e. The van der Waals surface area contributed by atoms with Gasteiger partial charge in [0.25, 0.3) is 5.91 Å². The lowest BCUT2D eigenvalue weighted by Crippen LogP contribution is -2.19. The maximum Gasteiger partial charge on any atom is 0.417 e. The lowest BCUT2D eigenvalue weighted by Gasteiger charge is -2.09. The van der Waals surface area contributed by atoms with Crippen LogP contribution in [0.2, 0.25) is 5.02 Å². The minimum absolute atomic E-state index is 0.00700. The molecule has 1 heterocycles. The lowest BCUT2D eigenvalue weighted by atomic mass is 10.2. The van der Waals surface area contributed by atoms with Crippen molar-refractivity contribution in [2.45, 2.75) is 6.18 Å². The van der Waals surface area contributed by atoms with E-state index >= 15 is 0 Å². The maximum atomic E-state index is 12.9. The van der Waals surface area contributed by atoms with Gasteiger partial charge in [0.15, 0.2) is 5.17 Å². The molecular formula is C17H9ClF4N2OS. The number of halogens is 5. The third kappa shape index (κ3) is 4.25. The Morgan fingerprint density at radius 3 is 2.46 bits per heavy atom. The Hall–Kier alpha value is -2.32. The molecule has 1 N–H and O–H groups in total. The monoisotopic (exact) mass is 400 g/mol. The molecule has 1 amide bonds. The highest BCUT2D eigenvalue weighted by atomic mass is 35.5. The summed E-state index contributed by atoms with van der Waals surface area (Å²) in [7, 11) is 0. The van der Waals surface area contributed by atoms with E-state index in [4.69, 9.17) is 11.6 Å². The molecule has 3 rings (SSSR count). The summed E-state index contributed by atoms with van der Waals surface area (Å²) in [6, 6.07) is 8.74. The first kappa shape index (κ1) is 18.5. The summed E-state index contributed by atoms with van der Waals surface area (Å²) in [6.45, 7) is 0. The summed E-state index contributed by atoms with van der Waals surface area (Å²) in [5.41, 5.74) is -0.388. The van der Waals surface area contributed by atoms with Gasteiger partial charge in [-0.1, -0.05) is 23.7 Å². The Bertz CT molecular complexity index is 923. The van der Waals surface area contributed by atoms with Gasteiger partial charge in [0, 0.05) is 0 Å². The zero-order valence-corrected chi connectivity index (χ0v) is 14.3. The molecule has 1 fully saturated rings. The number of nitrogens with one attached hydrogen (secondary N) is 1. The fourth-order valence-corrected chi connectivity index (χ4v) is 3.17. The van der Waals surface area contributed by atoms with Crippen LogP contribution in [0.1, 0.15) is 11.1 Å². The van der Waals surface area contributed by atoms with Crippen LogP contribution < -0.4 is 5.32 Å². The van der Waals surface area contributed by atoms with Crippen molar-refractivity contribution < 1.29 is 22.4 Å². The number of thioether (sulfide) groups is 1. The van der Waals surface area contributed by atoms with Gasteiger partial charge in [0.2, 0.25) is 0 Å². The molecule has 134 valence electrons. The van der Waals surface area contributed by atoms with Gasteiger partial charge in [-0.3, -0.25) is 4.79 Å². The van der Waals surface area contributed by atoms with Gasteiger partial charge >= 0.3 is 6.18 Å². The first-order chi connectivity index (χ1) is 12.2. The van der Waals surface area contributed by atoms with E-state index in [2.05, 4.69) is 10.3 Å². The second-order valence-electron chi connectivity index (χ2n) is 5.20. The van der Waals surface area contributed by atoms with Crippen molar-refractivity contribution in [2.24, 2.45) is 4.99 Å². The number of alkyl halides is 3. The Labute approximate surface area is 154 Å². The van der Waals surface area contributed by atoms with Crippen molar-refractivity contribution >= 4 is 46.2 Å².